The van der Waals surface area contributed by atoms with Crippen LogP contribution < -0.4 is 21.1 Å². The lowest BCUT2D eigenvalue weighted by Crippen LogP contribution is -2.40. The molecule has 1 N–H and O–H groups in total. The Morgan fingerprint density at radius 3 is 2.35 bits per heavy atom. The highest BCUT2D eigenvalue weighted by atomic mass is 35.5. The number of para-hydroxylation sites is 1. The molecule has 0 saturated carbocycles. The van der Waals surface area contributed by atoms with Crippen molar-refractivity contribution in [2.24, 2.45) is 0 Å². The number of hydrogen-bond donors (Lipinski definition) is 1. The maximum absolute atomic E-state index is 13.0. The molecule has 0 aliphatic carbocycles. The molecule has 0 aliphatic rings. The standard InChI is InChI=1S/C21H15ClF2N4O3/c1-28(16-15(17(29)18(16)30)25-14-5-3-2-4-6-14)11-12-7-9-13(10-8-12)19-26-20(31-27-19)21(22,23)24/h2-10,25H,11H2,1H3. The van der Waals surface area contributed by atoms with Crippen molar-refractivity contribution in [3.63, 3.8) is 0 Å². The summed E-state index contributed by atoms with van der Waals surface area (Å²) in [5.41, 5.74) is 1.40. The molecule has 158 valence electrons. The van der Waals surface area contributed by atoms with Gasteiger partial charge in [0, 0.05) is 24.8 Å². The van der Waals surface area contributed by atoms with Crippen LogP contribution >= 0.6 is 11.6 Å². The molecule has 10 heteroatoms. The van der Waals surface area contributed by atoms with Gasteiger partial charge in [0.25, 0.3) is 10.9 Å². The minimum absolute atomic E-state index is 0.0212. The van der Waals surface area contributed by atoms with Crippen molar-refractivity contribution in [1.82, 2.24) is 10.1 Å². The number of hydrogen-bond acceptors (Lipinski definition) is 7. The maximum atomic E-state index is 13.0. The Morgan fingerprint density at radius 1 is 1.06 bits per heavy atom. The van der Waals surface area contributed by atoms with Gasteiger partial charge in [-0.25, -0.2) is 0 Å². The van der Waals surface area contributed by atoms with E-state index in [0.29, 0.717) is 23.5 Å². The number of nitrogens with one attached hydrogen (secondary N) is 1. The van der Waals surface area contributed by atoms with Crippen LogP contribution in [0.25, 0.3) is 11.4 Å². The third-order valence-electron chi connectivity index (χ3n) is 4.61. The van der Waals surface area contributed by atoms with Crippen LogP contribution in [-0.4, -0.2) is 17.2 Å². The quantitative estimate of drug-likeness (QED) is 0.340. The normalized spacial score (nSPS) is 11.6. The molecule has 1 heterocycles. The third-order valence-corrected chi connectivity index (χ3v) is 4.77. The van der Waals surface area contributed by atoms with Gasteiger partial charge in [0.15, 0.2) is 0 Å². The molecule has 0 spiro atoms. The SMILES string of the molecule is CN(Cc1ccc(-c2noc(C(F)(F)Cl)n2)cc1)c1c(Nc2ccccc2)c(=O)c1=O. The first-order chi connectivity index (χ1) is 14.7. The van der Waals surface area contributed by atoms with Crippen molar-refractivity contribution in [1.29, 1.82) is 0 Å². The second-order valence-corrected chi connectivity index (χ2v) is 7.32. The van der Waals surface area contributed by atoms with Gasteiger partial charge >= 0.3 is 11.3 Å². The van der Waals surface area contributed by atoms with Crippen molar-refractivity contribution in [2.75, 3.05) is 17.3 Å². The summed E-state index contributed by atoms with van der Waals surface area (Å²) in [5, 5.41) is 2.76. The van der Waals surface area contributed by atoms with Crippen LogP contribution in [0.5, 0.6) is 0 Å². The molecule has 0 amide bonds. The minimum atomic E-state index is -3.74. The summed E-state index contributed by atoms with van der Waals surface area (Å²) in [6, 6.07) is 15.8. The smallest absolute Gasteiger partial charge is 0.365 e. The van der Waals surface area contributed by atoms with Crippen LogP contribution in [0.3, 0.4) is 0 Å². The largest absolute Gasteiger partial charge is 0.400 e. The average molecular weight is 445 g/mol. The number of benzene rings is 2. The molecule has 4 aromatic rings. The van der Waals surface area contributed by atoms with E-state index in [0.717, 1.165) is 5.56 Å². The predicted molar refractivity (Wildman–Crippen MR) is 113 cm³/mol. The lowest BCUT2D eigenvalue weighted by molar-refractivity contribution is 0.0551. The van der Waals surface area contributed by atoms with E-state index in [2.05, 4.69) is 20.0 Å². The van der Waals surface area contributed by atoms with Crippen LogP contribution in [0.15, 0.2) is 68.7 Å². The van der Waals surface area contributed by atoms with Gasteiger partial charge in [-0.1, -0.05) is 47.6 Å². The molecular formula is C21H15ClF2N4O3. The topological polar surface area (TPSA) is 88.3 Å². The molecule has 3 aromatic carbocycles. The fourth-order valence-corrected chi connectivity index (χ4v) is 3.17. The van der Waals surface area contributed by atoms with Crippen molar-refractivity contribution in [3.05, 3.63) is 86.5 Å². The second kappa shape index (κ2) is 7.92. The molecule has 0 aliphatic heterocycles. The summed E-state index contributed by atoms with van der Waals surface area (Å²) in [4.78, 5) is 29.4. The minimum Gasteiger partial charge on any atom is -0.365 e. The fraction of sp³-hybridized carbons (Fsp3) is 0.143. The first-order valence-corrected chi connectivity index (χ1v) is 9.48. The highest BCUT2D eigenvalue weighted by Crippen LogP contribution is 2.32. The zero-order valence-electron chi connectivity index (χ0n) is 16.1. The van der Waals surface area contributed by atoms with Crippen molar-refractivity contribution < 1.29 is 13.3 Å². The zero-order chi connectivity index (χ0) is 22.2. The summed E-state index contributed by atoms with van der Waals surface area (Å²) >= 11 is 4.88. The number of halogens is 3. The first kappa shape index (κ1) is 20.7. The molecule has 0 unspecified atom stereocenters. The molecule has 7 nitrogen and oxygen atoms in total. The van der Waals surface area contributed by atoms with Gasteiger partial charge in [-0.05, 0) is 29.3 Å². The summed E-state index contributed by atoms with van der Waals surface area (Å²) < 4.78 is 30.6. The second-order valence-electron chi connectivity index (χ2n) is 6.85. The van der Waals surface area contributed by atoms with E-state index in [4.69, 9.17) is 11.6 Å². The van der Waals surface area contributed by atoms with Gasteiger partial charge in [0.05, 0.1) is 0 Å². The van der Waals surface area contributed by atoms with Gasteiger partial charge in [-0.15, -0.1) is 0 Å². The van der Waals surface area contributed by atoms with Crippen molar-refractivity contribution >= 4 is 28.7 Å². The number of aromatic nitrogens is 2. The molecule has 0 atom stereocenters. The molecule has 0 radical (unpaired) electrons. The molecule has 0 bridgehead atoms. The van der Waals surface area contributed by atoms with E-state index in [1.807, 2.05) is 18.2 Å². The van der Waals surface area contributed by atoms with Gasteiger partial charge < -0.3 is 14.7 Å². The Bertz CT molecular complexity index is 1280. The highest BCUT2D eigenvalue weighted by molar-refractivity contribution is 6.21. The van der Waals surface area contributed by atoms with Crippen molar-refractivity contribution in [3.8, 4) is 11.4 Å². The molecule has 0 fully saturated rings. The van der Waals surface area contributed by atoms with E-state index >= 15 is 0 Å². The van der Waals surface area contributed by atoms with Crippen molar-refractivity contribution in [2.45, 2.75) is 11.9 Å². The monoisotopic (exact) mass is 444 g/mol. The third kappa shape index (κ3) is 4.17. The Hall–Kier alpha value is -3.59. The number of nitrogens with zero attached hydrogens (tertiary/aromatic N) is 3. The van der Waals surface area contributed by atoms with Crippen LogP contribution in [-0.2, 0) is 11.9 Å². The van der Waals surface area contributed by atoms with E-state index in [-0.39, 0.29) is 11.5 Å². The van der Waals surface area contributed by atoms with E-state index in [1.54, 1.807) is 48.3 Å². The van der Waals surface area contributed by atoms with E-state index in [9.17, 15) is 18.4 Å². The van der Waals surface area contributed by atoms with Crippen LogP contribution in [0.1, 0.15) is 11.5 Å². The van der Waals surface area contributed by atoms with E-state index < -0.39 is 22.1 Å². The average Bonchev–Trinajstić information content (AvgIpc) is 3.25. The van der Waals surface area contributed by atoms with Crippen LogP contribution in [0.2, 0.25) is 0 Å². The van der Waals surface area contributed by atoms with Gasteiger partial charge in [-0.3, -0.25) is 9.59 Å². The van der Waals surface area contributed by atoms with Crippen LogP contribution in [0.4, 0.5) is 25.8 Å². The molecule has 4 rings (SSSR count). The Morgan fingerprint density at radius 2 is 1.74 bits per heavy atom. The summed E-state index contributed by atoms with van der Waals surface area (Å²) in [7, 11) is 1.70. The molecule has 0 saturated heterocycles. The Kier molecular flexibility index (Phi) is 5.28. The molecule has 31 heavy (non-hydrogen) atoms. The molecular weight excluding hydrogens is 430 g/mol. The number of alkyl halides is 3. The first-order valence-electron chi connectivity index (χ1n) is 9.11. The summed E-state index contributed by atoms with van der Waals surface area (Å²) in [5.74, 6) is -1.00. The number of rotatable bonds is 7. The Balaban J connectivity index is 1.49. The zero-order valence-corrected chi connectivity index (χ0v) is 16.9. The molecule has 1 aromatic heterocycles. The fourth-order valence-electron chi connectivity index (χ4n) is 3.09. The summed E-state index contributed by atoms with van der Waals surface area (Å²) in [6.45, 7) is 0.339. The lowest BCUT2D eigenvalue weighted by atomic mass is 10.1. The predicted octanol–water partition coefficient (Wildman–Crippen LogP) is 4.00. The van der Waals surface area contributed by atoms with E-state index in [1.165, 1.54) is 0 Å². The van der Waals surface area contributed by atoms with Gasteiger partial charge in [0.2, 0.25) is 5.82 Å². The van der Waals surface area contributed by atoms with Gasteiger partial charge in [0.1, 0.15) is 11.4 Å². The number of anilines is 3. The van der Waals surface area contributed by atoms with Crippen LogP contribution in [0, 0.1) is 0 Å². The maximum Gasteiger partial charge on any atom is 0.400 e. The lowest BCUT2D eigenvalue weighted by Gasteiger charge is -2.23. The Labute approximate surface area is 179 Å². The summed E-state index contributed by atoms with van der Waals surface area (Å²) in [6.07, 6.45) is 0. The van der Waals surface area contributed by atoms with Gasteiger partial charge in [-0.2, -0.15) is 13.8 Å². The highest BCUT2D eigenvalue weighted by Gasteiger charge is 2.35.